The van der Waals surface area contributed by atoms with Crippen molar-refractivity contribution >= 4 is 46.1 Å². The first kappa shape index (κ1) is 105. The Morgan fingerprint density at radius 3 is 1.01 bits per heavy atom. The van der Waals surface area contributed by atoms with E-state index in [0.717, 1.165) is 0 Å². The Kier molecular flexibility index (Phi) is 63.0. The van der Waals surface area contributed by atoms with E-state index in [9.17, 15) is 32.8 Å². The van der Waals surface area contributed by atoms with Gasteiger partial charge in [0.05, 0.1) is 320 Å². The zero-order valence-corrected chi connectivity index (χ0v) is 70.5. The van der Waals surface area contributed by atoms with Crippen LogP contribution in [0.3, 0.4) is 0 Å². The Hall–Kier alpha value is -4.75. The van der Waals surface area contributed by atoms with Crippen molar-refractivity contribution in [2.45, 2.75) is 32.1 Å². The maximum absolute atomic E-state index is 14.1. The van der Waals surface area contributed by atoms with Crippen LogP contribution in [0.2, 0.25) is 0 Å². The van der Waals surface area contributed by atoms with Crippen LogP contribution >= 0.6 is 24.1 Å². The number of amides is 1. The van der Waals surface area contributed by atoms with Crippen molar-refractivity contribution in [1.29, 1.82) is 0 Å². The highest BCUT2D eigenvalue weighted by atomic mass is 32.2. The first-order valence-electron chi connectivity index (χ1n) is 39.7. The van der Waals surface area contributed by atoms with E-state index in [2.05, 4.69) is 14.4 Å². The average Bonchev–Trinajstić information content (AvgIpc) is 0.995. The quantitative estimate of drug-likeness (QED) is 0.0195. The molecule has 2 unspecified atom stereocenters. The maximum atomic E-state index is 14.1. The zero-order valence-electron chi connectivity index (χ0n) is 68.1. The molecule has 0 aromatic carbocycles. The van der Waals surface area contributed by atoms with Gasteiger partial charge in [0.25, 0.3) is 16.0 Å². The molecule has 0 saturated heterocycles. The molecule has 5 rings (SSSR count). The Morgan fingerprint density at radius 1 is 0.395 bits per heavy atom. The van der Waals surface area contributed by atoms with Gasteiger partial charge in [-0.2, -0.15) is 8.42 Å². The number of hydrogen-bond acceptors (Lipinski definition) is 39. The fraction of sp³-hybridized carbons (Fsp3) is 0.737. The predicted molar refractivity (Wildman–Crippen MR) is 424 cm³/mol. The van der Waals surface area contributed by atoms with E-state index in [4.69, 9.17) is 133 Å². The number of ether oxygens (including phenoxy) is 24. The third-order valence-corrected chi connectivity index (χ3v) is 19.0. The van der Waals surface area contributed by atoms with Gasteiger partial charge in [0, 0.05) is 72.6 Å². The minimum absolute atomic E-state index is 0.0348. The van der Waals surface area contributed by atoms with Crippen molar-refractivity contribution < 1.29 is 181 Å². The van der Waals surface area contributed by atoms with Crippen LogP contribution in [-0.4, -0.2) is 379 Å². The molecule has 5 N–H and O–H groups in total. The summed E-state index contributed by atoms with van der Waals surface area (Å²) in [5.74, 6) is -3.19. The van der Waals surface area contributed by atoms with Crippen LogP contribution in [0, 0.1) is 11.8 Å². The number of carbonyl (C=O) groups is 2. The van der Waals surface area contributed by atoms with Gasteiger partial charge in [-0.05, 0) is 48.1 Å². The first-order chi connectivity index (χ1) is 58.5. The molecule has 1 aromatic rings. The Morgan fingerprint density at radius 2 is 0.689 bits per heavy atom. The Bertz CT molecular complexity index is 3100. The van der Waals surface area contributed by atoms with E-state index in [1.807, 2.05) is 0 Å². The highest BCUT2D eigenvalue weighted by Gasteiger charge is 2.46. The molecule has 119 heavy (non-hydrogen) atoms. The molecule has 684 valence electrons. The largest absolute Gasteiger partial charge is 0.492 e. The number of unbranched alkanes of at least 4 members (excludes halogenated alkanes) is 2. The fourth-order valence-electron chi connectivity index (χ4n) is 11.1. The molecule has 0 aliphatic heterocycles. The molecular weight excluding hydrogens is 1650 g/mol. The third-order valence-electron chi connectivity index (χ3n) is 16.8. The summed E-state index contributed by atoms with van der Waals surface area (Å²) in [7, 11) is -3.15. The van der Waals surface area contributed by atoms with Crippen LogP contribution in [0.4, 0.5) is 0 Å². The molecule has 1 aromatic heterocycles. The minimum Gasteiger partial charge on any atom is -0.492 e. The van der Waals surface area contributed by atoms with Gasteiger partial charge >= 0.3 is 5.97 Å². The summed E-state index contributed by atoms with van der Waals surface area (Å²) in [5, 5.41) is 45.4. The van der Waals surface area contributed by atoms with Crippen LogP contribution in [0.25, 0.3) is 0 Å². The molecule has 0 saturated carbocycles. The lowest BCUT2D eigenvalue weighted by Crippen LogP contribution is -2.37. The van der Waals surface area contributed by atoms with Gasteiger partial charge in [0.1, 0.15) is 5.76 Å². The Balaban J connectivity index is 0.736. The summed E-state index contributed by atoms with van der Waals surface area (Å²) in [6, 6.07) is 2.34. The topological polar surface area (TPSA) is 445 Å². The van der Waals surface area contributed by atoms with Gasteiger partial charge in [0.15, 0.2) is 6.61 Å². The monoisotopic (exact) mass is 1770 g/mol. The number of rotatable bonds is 87. The lowest BCUT2D eigenvalue weighted by molar-refractivity contribution is -0.431. The molecule has 2 atom stereocenters. The van der Waals surface area contributed by atoms with E-state index in [-0.39, 0.29) is 42.4 Å². The maximum Gasteiger partial charge on any atom is 0.333 e. The number of aromatic hydroxyl groups is 2. The van der Waals surface area contributed by atoms with E-state index in [1.54, 1.807) is 36.3 Å². The number of allylic oxidation sites excluding steroid dienone is 10. The van der Waals surface area contributed by atoms with Crippen LogP contribution in [0.5, 0.6) is 11.8 Å². The van der Waals surface area contributed by atoms with Crippen molar-refractivity contribution in [1.82, 2.24) is 9.63 Å². The third kappa shape index (κ3) is 49.5. The van der Waals surface area contributed by atoms with Crippen molar-refractivity contribution in [2.75, 3.05) is 324 Å². The van der Waals surface area contributed by atoms with E-state index in [0.29, 0.717) is 367 Å². The van der Waals surface area contributed by atoms with E-state index in [1.165, 1.54) is 24.3 Å². The van der Waals surface area contributed by atoms with Crippen LogP contribution in [0.1, 0.15) is 32.1 Å². The number of carbonyl (C=O) groups excluding carboxylic acids is 2. The molecule has 0 fully saturated rings. The molecular formula is C76H124N2O38S3. The smallest absolute Gasteiger partial charge is 0.333 e. The molecule has 4 aliphatic rings. The fourth-order valence-corrected chi connectivity index (χ4v) is 13.1. The highest BCUT2D eigenvalue weighted by Crippen LogP contribution is 2.57. The lowest BCUT2D eigenvalue weighted by Gasteiger charge is -2.43. The van der Waals surface area contributed by atoms with Crippen LogP contribution in [0.15, 0.2) is 91.4 Å². The first-order valence-corrected chi connectivity index (χ1v) is 42.6. The highest BCUT2D eigenvalue weighted by molar-refractivity contribution is 7.99. The SMILES string of the molecule is COCCOCCOCCOCCOCCOCCOCCOCCOCCOCCOCCOCCOCCOCCOCCOCCOCCOCCOCCOCCOCCOCCOCCCN(CCCCCC(=O)On1c(O)ccc1O)C(=O)COC1=C2C=CC3=C(S(=O)(=O)O)C=C(SOOO)C4=CC=C(C(SOOO)=C1)C2C43. The second-order valence-electron chi connectivity index (χ2n) is 25.2. The summed E-state index contributed by atoms with van der Waals surface area (Å²) in [6.07, 6.45) is 11.1. The molecule has 43 heteroatoms. The molecule has 40 nitrogen and oxygen atoms in total. The Labute approximate surface area is 704 Å². The van der Waals surface area contributed by atoms with Crippen molar-refractivity contribution in [3.63, 3.8) is 0 Å². The second kappa shape index (κ2) is 71.5. The van der Waals surface area contributed by atoms with Crippen molar-refractivity contribution in [3.05, 3.63) is 91.4 Å². The summed E-state index contributed by atoms with van der Waals surface area (Å²) in [6.45, 7) is 20.3. The second-order valence-corrected chi connectivity index (χ2v) is 28.1. The van der Waals surface area contributed by atoms with Crippen molar-refractivity contribution in [2.24, 2.45) is 11.8 Å². The lowest BCUT2D eigenvalue weighted by atomic mass is 9.64. The van der Waals surface area contributed by atoms with Gasteiger partial charge in [-0.1, -0.05) is 40.8 Å². The number of aromatic nitrogens is 1. The average molecular weight is 1770 g/mol. The molecule has 0 spiro atoms. The van der Waals surface area contributed by atoms with E-state index >= 15 is 0 Å². The van der Waals surface area contributed by atoms with Crippen LogP contribution < -0.4 is 4.84 Å². The minimum atomic E-state index is -4.79. The number of methoxy groups -OCH3 is 1. The standard InChI is InChI=1S/C76H124N2O38S3/c1-88-16-17-90-20-21-92-24-25-94-28-29-96-32-33-98-36-37-100-40-41-102-44-45-104-48-49-106-52-53-108-56-57-110-59-58-109-55-54-107-51-50-105-47-46-103-43-42-101-39-38-99-35-34-97-31-30-95-27-26-93-23-22-91-19-18-89-15-5-14-77(13-4-2-3-6-74(82)112-78-71(79)11-12-72(78)80)73(81)62-111-67-60-68(117-115-113-83)64-8-9-65-69(118-116-114-84)61-70(119(85,86)87)66-10-7-63(67)75(64)76(65)66/h7-12,60-61,75-76,79-80,83-84H,2-6,13-59,62H2,1H3,(H,85,86,87). The summed E-state index contributed by atoms with van der Waals surface area (Å²) < 4.78 is 179. The van der Waals surface area contributed by atoms with Gasteiger partial charge in [0.2, 0.25) is 11.8 Å². The summed E-state index contributed by atoms with van der Waals surface area (Å²) in [5.41, 5.74) is 1.94. The number of nitrogens with zero attached hydrogens (tertiary/aromatic N) is 2. The van der Waals surface area contributed by atoms with Crippen LogP contribution in [-0.2, 0) is 152 Å². The molecule has 4 aliphatic carbocycles. The van der Waals surface area contributed by atoms with Gasteiger partial charge in [-0.25, -0.2) is 15.3 Å². The number of hydrogen-bond donors (Lipinski definition) is 5. The molecule has 1 amide bonds. The van der Waals surface area contributed by atoms with E-state index < -0.39 is 57.1 Å². The van der Waals surface area contributed by atoms with Gasteiger partial charge in [-0.3, -0.25) is 9.35 Å². The van der Waals surface area contributed by atoms with Gasteiger partial charge < -0.3 is 134 Å². The molecule has 0 radical (unpaired) electrons. The summed E-state index contributed by atoms with van der Waals surface area (Å²) in [4.78, 5) is 33.4. The molecule has 0 bridgehead atoms. The zero-order chi connectivity index (χ0) is 84.8. The summed E-state index contributed by atoms with van der Waals surface area (Å²) >= 11 is 1.15. The predicted octanol–water partition coefficient (Wildman–Crippen LogP) is 4.66. The van der Waals surface area contributed by atoms with Gasteiger partial charge in [-0.15, -0.1) is 13.4 Å². The van der Waals surface area contributed by atoms with Crippen molar-refractivity contribution in [3.8, 4) is 11.8 Å². The normalized spacial score (nSPS) is 15.1. The molecule has 1 heterocycles.